The Balaban J connectivity index is 1.83. The number of benzene rings is 2. The Kier molecular flexibility index (Phi) is 6.62. The SMILES string of the molecule is CC(C(=O)Nc1cccc([N+](=O)[O-])c1)N(C)CCOc1ccc(F)cc1. The van der Waals surface area contributed by atoms with Gasteiger partial charge >= 0.3 is 0 Å². The van der Waals surface area contributed by atoms with Crippen LogP contribution in [-0.4, -0.2) is 42.0 Å². The maximum atomic E-state index is 12.8. The number of ether oxygens (including phenoxy) is 1. The van der Waals surface area contributed by atoms with Crippen molar-refractivity contribution in [3.8, 4) is 5.75 Å². The summed E-state index contributed by atoms with van der Waals surface area (Å²) in [5.74, 6) is -0.0656. The van der Waals surface area contributed by atoms with Crippen molar-refractivity contribution in [2.75, 3.05) is 25.5 Å². The first-order chi connectivity index (χ1) is 12.4. The van der Waals surface area contributed by atoms with E-state index in [0.717, 1.165) is 0 Å². The largest absolute Gasteiger partial charge is 0.492 e. The van der Waals surface area contributed by atoms with Gasteiger partial charge in [0.15, 0.2) is 0 Å². The number of carbonyl (C=O) groups excluding carboxylic acids is 1. The molecule has 2 aromatic carbocycles. The molecule has 2 rings (SSSR count). The minimum atomic E-state index is -0.516. The van der Waals surface area contributed by atoms with Crippen LogP contribution in [0.3, 0.4) is 0 Å². The molecule has 0 radical (unpaired) electrons. The lowest BCUT2D eigenvalue weighted by molar-refractivity contribution is -0.384. The van der Waals surface area contributed by atoms with Crippen LogP contribution in [0.2, 0.25) is 0 Å². The molecule has 0 heterocycles. The number of anilines is 1. The second kappa shape index (κ2) is 8.91. The Morgan fingerprint density at radius 1 is 1.31 bits per heavy atom. The number of hydrogen-bond acceptors (Lipinski definition) is 5. The summed E-state index contributed by atoms with van der Waals surface area (Å²) in [7, 11) is 1.77. The van der Waals surface area contributed by atoms with E-state index in [0.29, 0.717) is 24.6 Å². The van der Waals surface area contributed by atoms with Crippen molar-refractivity contribution in [3.63, 3.8) is 0 Å². The lowest BCUT2D eigenvalue weighted by atomic mass is 10.2. The van der Waals surface area contributed by atoms with Gasteiger partial charge in [-0.25, -0.2) is 4.39 Å². The Hall–Kier alpha value is -3.00. The third-order valence-corrected chi connectivity index (χ3v) is 3.89. The number of nitrogens with zero attached hydrogens (tertiary/aromatic N) is 2. The summed E-state index contributed by atoms with van der Waals surface area (Å²) in [5, 5.41) is 13.4. The molecular formula is C18H20FN3O4. The normalized spacial score (nSPS) is 11.8. The van der Waals surface area contributed by atoms with Crippen LogP contribution in [0.15, 0.2) is 48.5 Å². The average Bonchev–Trinajstić information content (AvgIpc) is 2.62. The number of halogens is 1. The van der Waals surface area contributed by atoms with E-state index < -0.39 is 11.0 Å². The predicted molar refractivity (Wildman–Crippen MR) is 95.7 cm³/mol. The quantitative estimate of drug-likeness (QED) is 0.577. The van der Waals surface area contributed by atoms with Crippen molar-refractivity contribution in [2.45, 2.75) is 13.0 Å². The first-order valence-electron chi connectivity index (χ1n) is 8.01. The fraction of sp³-hybridized carbons (Fsp3) is 0.278. The summed E-state index contributed by atoms with van der Waals surface area (Å²) >= 11 is 0. The second-order valence-corrected chi connectivity index (χ2v) is 5.76. The summed E-state index contributed by atoms with van der Waals surface area (Å²) in [6.07, 6.45) is 0. The highest BCUT2D eigenvalue weighted by Crippen LogP contribution is 2.17. The number of hydrogen-bond donors (Lipinski definition) is 1. The van der Waals surface area contributed by atoms with Crippen molar-refractivity contribution in [1.82, 2.24) is 4.90 Å². The zero-order chi connectivity index (χ0) is 19.1. The number of nitro groups is 1. The van der Waals surface area contributed by atoms with E-state index in [2.05, 4.69) is 5.32 Å². The van der Waals surface area contributed by atoms with Crippen molar-refractivity contribution in [3.05, 3.63) is 64.5 Å². The van der Waals surface area contributed by atoms with Crippen LogP contribution in [0.4, 0.5) is 15.8 Å². The number of amides is 1. The van der Waals surface area contributed by atoms with Crippen molar-refractivity contribution in [1.29, 1.82) is 0 Å². The molecule has 0 fully saturated rings. The highest BCUT2D eigenvalue weighted by Gasteiger charge is 2.18. The highest BCUT2D eigenvalue weighted by atomic mass is 19.1. The summed E-state index contributed by atoms with van der Waals surface area (Å²) in [4.78, 5) is 24.4. The molecule has 26 heavy (non-hydrogen) atoms. The van der Waals surface area contributed by atoms with Gasteiger partial charge in [0.05, 0.1) is 11.0 Å². The molecule has 0 aliphatic rings. The van der Waals surface area contributed by atoms with Crippen LogP contribution < -0.4 is 10.1 Å². The molecule has 7 nitrogen and oxygen atoms in total. The van der Waals surface area contributed by atoms with Gasteiger partial charge in [-0.3, -0.25) is 19.8 Å². The lowest BCUT2D eigenvalue weighted by Crippen LogP contribution is -2.41. The van der Waals surface area contributed by atoms with Crippen molar-refractivity contribution < 1.29 is 18.8 Å². The number of likely N-dealkylation sites (N-methyl/N-ethyl adjacent to an activating group) is 1. The van der Waals surface area contributed by atoms with Crippen LogP contribution in [0.5, 0.6) is 5.75 Å². The average molecular weight is 361 g/mol. The molecule has 0 bridgehead atoms. The molecule has 1 N–H and O–H groups in total. The smallest absolute Gasteiger partial charge is 0.271 e. The van der Waals surface area contributed by atoms with Crippen LogP contribution >= 0.6 is 0 Å². The monoisotopic (exact) mass is 361 g/mol. The predicted octanol–water partition coefficient (Wildman–Crippen LogP) is 3.07. The standard InChI is InChI=1S/C18H20FN3O4/c1-13(18(23)20-15-4-3-5-16(12-15)22(24)25)21(2)10-11-26-17-8-6-14(19)7-9-17/h3-9,12-13H,10-11H2,1-2H3,(H,20,23). The Bertz CT molecular complexity index is 767. The zero-order valence-corrected chi connectivity index (χ0v) is 14.5. The lowest BCUT2D eigenvalue weighted by Gasteiger charge is -2.23. The third-order valence-electron chi connectivity index (χ3n) is 3.89. The van der Waals surface area contributed by atoms with E-state index in [1.54, 1.807) is 24.9 Å². The van der Waals surface area contributed by atoms with E-state index in [4.69, 9.17) is 4.74 Å². The van der Waals surface area contributed by atoms with Gasteiger partial charge in [-0.05, 0) is 44.3 Å². The molecule has 0 spiro atoms. The van der Waals surface area contributed by atoms with Gasteiger partial charge in [-0.15, -0.1) is 0 Å². The fourth-order valence-electron chi connectivity index (χ4n) is 2.18. The van der Waals surface area contributed by atoms with Crippen molar-refractivity contribution >= 4 is 17.3 Å². The van der Waals surface area contributed by atoms with E-state index in [1.165, 1.54) is 42.5 Å². The maximum Gasteiger partial charge on any atom is 0.271 e. The molecule has 0 saturated carbocycles. The number of rotatable bonds is 8. The minimum Gasteiger partial charge on any atom is -0.492 e. The number of non-ortho nitro benzene ring substituents is 1. The first-order valence-corrected chi connectivity index (χ1v) is 8.01. The minimum absolute atomic E-state index is 0.0866. The molecule has 1 unspecified atom stereocenters. The number of nitrogens with one attached hydrogen (secondary N) is 1. The van der Waals surface area contributed by atoms with Gasteiger partial charge in [0.1, 0.15) is 18.2 Å². The Morgan fingerprint density at radius 2 is 2.00 bits per heavy atom. The van der Waals surface area contributed by atoms with E-state index in [1.807, 2.05) is 0 Å². The summed E-state index contributed by atoms with van der Waals surface area (Å²) < 4.78 is 18.3. The molecule has 2 aromatic rings. The second-order valence-electron chi connectivity index (χ2n) is 5.76. The maximum absolute atomic E-state index is 12.8. The third kappa shape index (κ3) is 5.52. The van der Waals surface area contributed by atoms with E-state index in [9.17, 15) is 19.3 Å². The van der Waals surface area contributed by atoms with Crippen LogP contribution in [0.25, 0.3) is 0 Å². The van der Waals surface area contributed by atoms with Gasteiger partial charge in [0.2, 0.25) is 5.91 Å². The fourth-order valence-corrected chi connectivity index (χ4v) is 2.18. The molecule has 0 aliphatic heterocycles. The molecule has 0 aliphatic carbocycles. The number of nitro benzene ring substituents is 1. The molecule has 1 amide bonds. The first kappa shape index (κ1) is 19.3. The molecule has 8 heteroatoms. The van der Waals surface area contributed by atoms with E-state index in [-0.39, 0.29) is 17.4 Å². The highest BCUT2D eigenvalue weighted by molar-refractivity contribution is 5.94. The summed E-state index contributed by atoms with van der Waals surface area (Å²) in [6.45, 7) is 2.53. The van der Waals surface area contributed by atoms with Gasteiger partial charge < -0.3 is 10.1 Å². The molecule has 1 atom stereocenters. The van der Waals surface area contributed by atoms with Crippen LogP contribution in [0, 0.1) is 15.9 Å². The van der Waals surface area contributed by atoms with Crippen LogP contribution in [0.1, 0.15) is 6.92 Å². The molecule has 138 valence electrons. The molecule has 0 aromatic heterocycles. The Morgan fingerprint density at radius 3 is 2.65 bits per heavy atom. The topological polar surface area (TPSA) is 84.7 Å². The van der Waals surface area contributed by atoms with Gasteiger partial charge in [-0.1, -0.05) is 6.07 Å². The molecule has 0 saturated heterocycles. The molecular weight excluding hydrogens is 341 g/mol. The van der Waals surface area contributed by atoms with Crippen molar-refractivity contribution in [2.24, 2.45) is 0 Å². The van der Waals surface area contributed by atoms with Gasteiger partial charge in [-0.2, -0.15) is 0 Å². The Labute approximate surface area is 150 Å². The summed E-state index contributed by atoms with van der Waals surface area (Å²) in [6, 6.07) is 11.0. The number of carbonyl (C=O) groups is 1. The van der Waals surface area contributed by atoms with Gasteiger partial charge in [0, 0.05) is 24.4 Å². The summed E-state index contributed by atoms with van der Waals surface area (Å²) in [5.41, 5.74) is 0.281. The zero-order valence-electron chi connectivity index (χ0n) is 14.5. The van der Waals surface area contributed by atoms with E-state index >= 15 is 0 Å². The van der Waals surface area contributed by atoms with Gasteiger partial charge in [0.25, 0.3) is 5.69 Å². The van der Waals surface area contributed by atoms with Crippen LogP contribution in [-0.2, 0) is 4.79 Å².